The molecule has 4 nitrogen and oxygen atoms in total. The number of hydrogen-bond donors (Lipinski definition) is 2. The van der Waals surface area contributed by atoms with Crippen molar-refractivity contribution in [2.45, 2.75) is 31.4 Å². The van der Waals surface area contributed by atoms with Gasteiger partial charge < -0.3 is 20.5 Å². The molecule has 0 aliphatic carbocycles. The molecule has 0 bridgehead atoms. The molecular weight excluding hydrogens is 259 g/mol. The van der Waals surface area contributed by atoms with E-state index in [2.05, 4.69) is 12.2 Å². The van der Waals surface area contributed by atoms with Gasteiger partial charge in [0.25, 0.3) is 0 Å². The van der Waals surface area contributed by atoms with E-state index < -0.39 is 0 Å². The highest BCUT2D eigenvalue weighted by Gasteiger charge is 2.30. The lowest BCUT2D eigenvalue weighted by Gasteiger charge is -2.27. The van der Waals surface area contributed by atoms with E-state index in [-0.39, 0.29) is 23.2 Å². The van der Waals surface area contributed by atoms with Crippen molar-refractivity contribution >= 4 is 0 Å². The highest BCUT2D eigenvalue weighted by atomic mass is 19.1. The number of ether oxygens (including phenoxy) is 2. The first kappa shape index (κ1) is 15.2. The Bertz CT molecular complexity index is 447. The number of nitrogens with two attached hydrogens (primary N) is 1. The normalized spacial score (nSPS) is 23.8. The van der Waals surface area contributed by atoms with E-state index in [0.717, 1.165) is 25.0 Å². The van der Waals surface area contributed by atoms with Crippen molar-refractivity contribution in [3.63, 3.8) is 0 Å². The summed E-state index contributed by atoms with van der Waals surface area (Å²) in [5.74, 6) is -0.121. The van der Waals surface area contributed by atoms with Crippen LogP contribution in [0.3, 0.4) is 0 Å². The van der Waals surface area contributed by atoms with E-state index >= 15 is 0 Å². The number of halogens is 1. The maximum atomic E-state index is 13.7. The van der Waals surface area contributed by atoms with Gasteiger partial charge in [-0.3, -0.25) is 0 Å². The van der Waals surface area contributed by atoms with Crippen LogP contribution in [-0.4, -0.2) is 32.4 Å². The average molecular weight is 282 g/mol. The summed E-state index contributed by atoms with van der Waals surface area (Å²) >= 11 is 0. The van der Waals surface area contributed by atoms with Crippen LogP contribution >= 0.6 is 0 Å². The first-order valence-electron chi connectivity index (χ1n) is 6.99. The Labute approximate surface area is 119 Å². The smallest absolute Gasteiger partial charge is 0.165 e. The molecule has 0 aromatic heterocycles. The largest absolute Gasteiger partial charge is 0.494 e. The van der Waals surface area contributed by atoms with Gasteiger partial charge >= 0.3 is 0 Å². The van der Waals surface area contributed by atoms with Gasteiger partial charge in [0.15, 0.2) is 11.6 Å². The lowest BCUT2D eigenvalue weighted by molar-refractivity contribution is 0.0189. The fraction of sp³-hybridized carbons (Fsp3) is 0.600. The van der Waals surface area contributed by atoms with Crippen LogP contribution in [0.1, 0.15) is 31.4 Å². The zero-order chi connectivity index (χ0) is 14.6. The molecule has 1 aromatic carbocycles. The Morgan fingerprint density at radius 1 is 1.55 bits per heavy atom. The van der Waals surface area contributed by atoms with Gasteiger partial charge in [0, 0.05) is 25.7 Å². The van der Waals surface area contributed by atoms with Gasteiger partial charge in [-0.05, 0) is 37.5 Å². The third kappa shape index (κ3) is 3.48. The molecule has 1 aliphatic heterocycles. The Morgan fingerprint density at radius 3 is 2.90 bits per heavy atom. The molecule has 1 saturated heterocycles. The lowest BCUT2D eigenvalue weighted by atomic mass is 10.0. The fourth-order valence-corrected chi connectivity index (χ4v) is 2.55. The fourth-order valence-electron chi connectivity index (χ4n) is 2.55. The van der Waals surface area contributed by atoms with E-state index in [1.54, 1.807) is 6.07 Å². The predicted molar refractivity (Wildman–Crippen MR) is 76.3 cm³/mol. The molecule has 3 N–H and O–H groups in total. The molecule has 0 amide bonds. The topological polar surface area (TPSA) is 56.5 Å². The summed E-state index contributed by atoms with van der Waals surface area (Å²) in [6.07, 6.45) is 2.12. The van der Waals surface area contributed by atoms with Crippen molar-refractivity contribution in [2.24, 2.45) is 5.73 Å². The van der Waals surface area contributed by atoms with Gasteiger partial charge in [-0.25, -0.2) is 4.39 Å². The van der Waals surface area contributed by atoms with Crippen molar-refractivity contribution < 1.29 is 13.9 Å². The van der Waals surface area contributed by atoms with Gasteiger partial charge in [0.1, 0.15) is 0 Å². The monoisotopic (exact) mass is 282 g/mol. The molecule has 1 aromatic rings. The number of benzene rings is 1. The molecule has 5 heteroatoms. The van der Waals surface area contributed by atoms with Crippen molar-refractivity contribution in [1.29, 1.82) is 0 Å². The van der Waals surface area contributed by atoms with Crippen molar-refractivity contribution in [3.8, 4) is 5.75 Å². The summed E-state index contributed by atoms with van der Waals surface area (Å²) in [5.41, 5.74) is 6.48. The average Bonchev–Trinajstić information content (AvgIpc) is 2.87. The van der Waals surface area contributed by atoms with Crippen LogP contribution in [-0.2, 0) is 4.74 Å². The highest BCUT2D eigenvalue weighted by Crippen LogP contribution is 2.26. The number of nitrogens with one attached hydrogen (secondary N) is 1. The summed E-state index contributed by atoms with van der Waals surface area (Å²) in [6.45, 7) is 4.02. The van der Waals surface area contributed by atoms with Crippen molar-refractivity contribution in [1.82, 2.24) is 5.32 Å². The zero-order valence-corrected chi connectivity index (χ0v) is 12.1. The molecule has 0 radical (unpaired) electrons. The maximum Gasteiger partial charge on any atom is 0.165 e. The molecule has 2 rings (SSSR count). The molecule has 1 aliphatic rings. The molecule has 2 atom stereocenters. The first-order chi connectivity index (χ1) is 9.58. The molecule has 20 heavy (non-hydrogen) atoms. The van der Waals surface area contributed by atoms with Crippen LogP contribution in [0.4, 0.5) is 4.39 Å². The number of rotatable bonds is 6. The molecule has 112 valence electrons. The number of hydrogen-bond acceptors (Lipinski definition) is 4. The summed E-state index contributed by atoms with van der Waals surface area (Å²) in [5, 5.41) is 3.38. The third-order valence-electron chi connectivity index (χ3n) is 3.84. The minimum absolute atomic E-state index is 0.0866. The van der Waals surface area contributed by atoms with Gasteiger partial charge in [-0.15, -0.1) is 0 Å². The summed E-state index contributed by atoms with van der Waals surface area (Å²) in [6, 6.07) is 4.85. The highest BCUT2D eigenvalue weighted by molar-refractivity contribution is 5.31. The lowest BCUT2D eigenvalue weighted by Crippen LogP contribution is -2.41. The second kappa shape index (κ2) is 6.52. The van der Waals surface area contributed by atoms with E-state index in [1.807, 2.05) is 6.07 Å². The van der Waals surface area contributed by atoms with Crippen LogP contribution < -0.4 is 15.8 Å². The van der Waals surface area contributed by atoms with Gasteiger partial charge in [-0.1, -0.05) is 6.07 Å². The van der Waals surface area contributed by atoms with Crippen LogP contribution in [0.15, 0.2) is 18.2 Å². The molecular formula is C15H23FN2O2. The summed E-state index contributed by atoms with van der Waals surface area (Å²) in [4.78, 5) is 0. The Kier molecular flexibility index (Phi) is 4.96. The molecule has 1 heterocycles. The second-order valence-electron chi connectivity index (χ2n) is 5.47. The Balaban J connectivity index is 2.02. The van der Waals surface area contributed by atoms with Gasteiger partial charge in [-0.2, -0.15) is 0 Å². The van der Waals surface area contributed by atoms with Crippen LogP contribution in [0.5, 0.6) is 5.75 Å². The van der Waals surface area contributed by atoms with E-state index in [9.17, 15) is 4.39 Å². The minimum atomic E-state index is -0.367. The quantitative estimate of drug-likeness (QED) is 0.838. The second-order valence-corrected chi connectivity index (χ2v) is 5.47. The third-order valence-corrected chi connectivity index (χ3v) is 3.84. The Morgan fingerprint density at radius 2 is 2.35 bits per heavy atom. The predicted octanol–water partition coefficient (Wildman–Crippen LogP) is 1.99. The van der Waals surface area contributed by atoms with Gasteiger partial charge in [0.2, 0.25) is 0 Å². The van der Waals surface area contributed by atoms with Crippen LogP contribution in [0.2, 0.25) is 0 Å². The summed E-state index contributed by atoms with van der Waals surface area (Å²) in [7, 11) is 1.45. The van der Waals surface area contributed by atoms with Crippen molar-refractivity contribution in [3.05, 3.63) is 29.6 Å². The molecule has 1 fully saturated rings. The standard InChI is InChI=1S/C15H23FN2O2/c1-15(6-3-7-20-15)10-18-13(9-17)11-4-5-14(19-2)12(16)8-11/h4-5,8,13,18H,3,6-7,9-10,17H2,1-2H3. The summed E-state index contributed by atoms with van der Waals surface area (Å²) < 4.78 is 24.4. The van der Waals surface area contributed by atoms with E-state index in [4.69, 9.17) is 15.2 Å². The van der Waals surface area contributed by atoms with Crippen LogP contribution in [0.25, 0.3) is 0 Å². The molecule has 0 saturated carbocycles. The molecule has 2 unspecified atom stereocenters. The maximum absolute atomic E-state index is 13.7. The van der Waals surface area contributed by atoms with Crippen LogP contribution in [0, 0.1) is 5.82 Å². The Hall–Kier alpha value is -1.17. The zero-order valence-electron chi connectivity index (χ0n) is 12.1. The minimum Gasteiger partial charge on any atom is -0.494 e. The van der Waals surface area contributed by atoms with Gasteiger partial charge in [0.05, 0.1) is 12.7 Å². The number of methoxy groups -OCH3 is 1. The van der Waals surface area contributed by atoms with Crippen molar-refractivity contribution in [2.75, 3.05) is 26.8 Å². The molecule has 0 spiro atoms. The van der Waals surface area contributed by atoms with E-state index in [0.29, 0.717) is 13.1 Å². The SMILES string of the molecule is COc1ccc(C(CN)NCC2(C)CCCO2)cc1F. The first-order valence-corrected chi connectivity index (χ1v) is 6.99. The van der Waals surface area contributed by atoms with E-state index in [1.165, 1.54) is 13.2 Å².